The number of thioether (sulfide) groups is 1. The summed E-state index contributed by atoms with van der Waals surface area (Å²) in [4.78, 5) is 4.36. The number of amidine groups is 1. The van der Waals surface area contributed by atoms with Gasteiger partial charge >= 0.3 is 0 Å². The summed E-state index contributed by atoms with van der Waals surface area (Å²) in [6.45, 7) is 6.11. The molecule has 0 atom stereocenters. The van der Waals surface area contributed by atoms with Crippen LogP contribution in [0.5, 0.6) is 5.75 Å². The van der Waals surface area contributed by atoms with Crippen LogP contribution in [0, 0.1) is 5.92 Å². The van der Waals surface area contributed by atoms with E-state index in [-0.39, 0.29) is 0 Å². The van der Waals surface area contributed by atoms with Crippen molar-refractivity contribution in [3.05, 3.63) is 24.3 Å². The van der Waals surface area contributed by atoms with Gasteiger partial charge in [-0.2, -0.15) is 0 Å². The van der Waals surface area contributed by atoms with Gasteiger partial charge in [-0.05, 0) is 36.6 Å². The van der Waals surface area contributed by atoms with Crippen molar-refractivity contribution in [3.63, 3.8) is 0 Å². The lowest BCUT2D eigenvalue weighted by Gasteiger charge is -2.09. The van der Waals surface area contributed by atoms with Crippen LogP contribution in [0.4, 0.5) is 5.69 Å². The lowest BCUT2D eigenvalue weighted by Crippen LogP contribution is -2.05. The van der Waals surface area contributed by atoms with E-state index < -0.39 is 0 Å². The highest BCUT2D eigenvalue weighted by molar-refractivity contribution is 8.14. The molecule has 0 radical (unpaired) electrons. The molecule has 4 heteroatoms. The SMILES string of the molecule is CC(C)CCOc1ccc(NC2=NCCS2)cc1. The number of hydrogen-bond donors (Lipinski definition) is 1. The maximum atomic E-state index is 5.68. The Morgan fingerprint density at radius 2 is 2.11 bits per heavy atom. The van der Waals surface area contributed by atoms with E-state index in [1.807, 2.05) is 24.3 Å². The largest absolute Gasteiger partial charge is 0.494 e. The van der Waals surface area contributed by atoms with Gasteiger partial charge in [-0.3, -0.25) is 4.99 Å². The average molecular weight is 264 g/mol. The summed E-state index contributed by atoms with van der Waals surface area (Å²) < 4.78 is 5.68. The Bertz CT molecular complexity index is 401. The smallest absolute Gasteiger partial charge is 0.161 e. The number of hydrogen-bond acceptors (Lipinski definition) is 4. The van der Waals surface area contributed by atoms with Crippen molar-refractivity contribution >= 4 is 22.6 Å². The molecule has 98 valence electrons. The van der Waals surface area contributed by atoms with Crippen LogP contribution in [0.15, 0.2) is 29.3 Å². The molecule has 0 unspecified atom stereocenters. The molecule has 18 heavy (non-hydrogen) atoms. The van der Waals surface area contributed by atoms with Crippen LogP contribution in [0.25, 0.3) is 0 Å². The van der Waals surface area contributed by atoms with Crippen LogP contribution in [-0.4, -0.2) is 24.1 Å². The first-order valence-electron chi connectivity index (χ1n) is 6.41. The van der Waals surface area contributed by atoms with Gasteiger partial charge in [0, 0.05) is 11.4 Å². The Morgan fingerprint density at radius 3 is 2.72 bits per heavy atom. The fourth-order valence-electron chi connectivity index (χ4n) is 1.58. The Hall–Kier alpha value is -1.16. The van der Waals surface area contributed by atoms with E-state index in [1.54, 1.807) is 11.8 Å². The molecule has 0 spiro atoms. The molecule has 3 nitrogen and oxygen atoms in total. The van der Waals surface area contributed by atoms with Crippen LogP contribution in [0.1, 0.15) is 20.3 Å². The van der Waals surface area contributed by atoms with Crippen molar-refractivity contribution in [1.29, 1.82) is 0 Å². The number of rotatable bonds is 5. The Morgan fingerprint density at radius 1 is 1.33 bits per heavy atom. The van der Waals surface area contributed by atoms with Gasteiger partial charge in [0.1, 0.15) is 5.75 Å². The molecule has 1 aliphatic rings. The first kappa shape index (κ1) is 13.3. The molecule has 0 saturated heterocycles. The summed E-state index contributed by atoms with van der Waals surface area (Å²) in [6, 6.07) is 8.07. The fourth-order valence-corrected chi connectivity index (χ4v) is 2.33. The maximum absolute atomic E-state index is 5.68. The van der Waals surface area contributed by atoms with Crippen molar-refractivity contribution in [1.82, 2.24) is 0 Å². The first-order valence-corrected chi connectivity index (χ1v) is 7.40. The van der Waals surface area contributed by atoms with Crippen molar-refractivity contribution in [2.24, 2.45) is 10.9 Å². The molecule has 0 aromatic heterocycles. The molecule has 1 aromatic rings. The third-order valence-electron chi connectivity index (χ3n) is 2.65. The highest BCUT2D eigenvalue weighted by Crippen LogP contribution is 2.19. The maximum Gasteiger partial charge on any atom is 0.161 e. The van der Waals surface area contributed by atoms with Crippen LogP contribution in [-0.2, 0) is 0 Å². The summed E-state index contributed by atoms with van der Waals surface area (Å²) in [6.07, 6.45) is 1.09. The summed E-state index contributed by atoms with van der Waals surface area (Å²) in [5, 5.41) is 4.32. The van der Waals surface area contributed by atoms with Gasteiger partial charge in [0.15, 0.2) is 5.17 Å². The molecular weight excluding hydrogens is 244 g/mol. The van der Waals surface area contributed by atoms with E-state index >= 15 is 0 Å². The molecule has 1 aromatic carbocycles. The highest BCUT2D eigenvalue weighted by Gasteiger charge is 2.06. The molecule has 0 saturated carbocycles. The number of aliphatic imine (C=N–C) groups is 1. The molecule has 0 fully saturated rings. The van der Waals surface area contributed by atoms with Crippen LogP contribution < -0.4 is 10.1 Å². The predicted octanol–water partition coefficient (Wildman–Crippen LogP) is 3.63. The van der Waals surface area contributed by atoms with Gasteiger partial charge in [-0.15, -0.1) is 0 Å². The zero-order valence-electron chi connectivity index (χ0n) is 11.0. The second-order valence-corrected chi connectivity index (χ2v) is 5.80. The Kier molecular flexibility index (Phi) is 4.93. The minimum Gasteiger partial charge on any atom is -0.494 e. The van der Waals surface area contributed by atoms with Crippen molar-refractivity contribution < 1.29 is 4.74 Å². The topological polar surface area (TPSA) is 33.6 Å². The van der Waals surface area contributed by atoms with Crippen LogP contribution in [0.2, 0.25) is 0 Å². The number of ether oxygens (including phenoxy) is 1. The molecule has 0 aliphatic carbocycles. The van der Waals surface area contributed by atoms with Crippen LogP contribution in [0.3, 0.4) is 0 Å². The van der Waals surface area contributed by atoms with E-state index in [1.165, 1.54) is 0 Å². The molecule has 0 bridgehead atoms. The van der Waals surface area contributed by atoms with E-state index in [0.717, 1.165) is 41.9 Å². The van der Waals surface area contributed by atoms with E-state index in [0.29, 0.717) is 5.92 Å². The van der Waals surface area contributed by atoms with Gasteiger partial charge in [0.05, 0.1) is 13.2 Å². The second-order valence-electron chi connectivity index (χ2n) is 4.72. The van der Waals surface area contributed by atoms with E-state index in [2.05, 4.69) is 24.2 Å². The lowest BCUT2D eigenvalue weighted by molar-refractivity contribution is 0.289. The van der Waals surface area contributed by atoms with Gasteiger partial charge in [0.2, 0.25) is 0 Å². The Balaban J connectivity index is 1.81. The summed E-state index contributed by atoms with van der Waals surface area (Å²) in [5.41, 5.74) is 1.07. The quantitative estimate of drug-likeness (QED) is 0.881. The number of nitrogens with zero attached hydrogens (tertiary/aromatic N) is 1. The third kappa shape index (κ3) is 4.26. The zero-order valence-corrected chi connectivity index (χ0v) is 11.8. The zero-order chi connectivity index (χ0) is 12.8. The van der Waals surface area contributed by atoms with Crippen LogP contribution >= 0.6 is 11.8 Å². The molecule has 1 aliphatic heterocycles. The molecular formula is C14H20N2OS. The van der Waals surface area contributed by atoms with Crippen molar-refractivity contribution in [3.8, 4) is 5.75 Å². The molecule has 0 amide bonds. The normalized spacial score (nSPS) is 14.7. The van der Waals surface area contributed by atoms with Gasteiger partial charge in [-0.1, -0.05) is 25.6 Å². The van der Waals surface area contributed by atoms with Crippen molar-refractivity contribution in [2.75, 3.05) is 24.2 Å². The van der Waals surface area contributed by atoms with Gasteiger partial charge < -0.3 is 10.1 Å². The third-order valence-corrected chi connectivity index (χ3v) is 3.55. The Labute approximate surface area is 113 Å². The van der Waals surface area contributed by atoms with Gasteiger partial charge in [-0.25, -0.2) is 0 Å². The summed E-state index contributed by atoms with van der Waals surface area (Å²) >= 11 is 1.77. The monoisotopic (exact) mass is 264 g/mol. The number of anilines is 1. The number of nitrogens with one attached hydrogen (secondary N) is 1. The molecule has 1 heterocycles. The standard InChI is InChI=1S/C14H20N2OS/c1-11(2)7-9-17-13-5-3-12(4-6-13)16-14-15-8-10-18-14/h3-6,11H,7-10H2,1-2H3,(H,15,16). The minimum atomic E-state index is 0.684. The summed E-state index contributed by atoms with van der Waals surface area (Å²) in [5.74, 6) is 2.70. The number of benzene rings is 1. The predicted molar refractivity (Wildman–Crippen MR) is 79.8 cm³/mol. The van der Waals surface area contributed by atoms with E-state index in [4.69, 9.17) is 4.74 Å². The molecule has 2 rings (SSSR count). The minimum absolute atomic E-state index is 0.684. The average Bonchev–Trinajstić information content (AvgIpc) is 2.84. The lowest BCUT2D eigenvalue weighted by atomic mass is 10.1. The van der Waals surface area contributed by atoms with E-state index in [9.17, 15) is 0 Å². The molecule has 1 N–H and O–H groups in total. The van der Waals surface area contributed by atoms with Crippen molar-refractivity contribution in [2.45, 2.75) is 20.3 Å². The summed E-state index contributed by atoms with van der Waals surface area (Å²) in [7, 11) is 0. The fraction of sp³-hybridized carbons (Fsp3) is 0.500. The van der Waals surface area contributed by atoms with Gasteiger partial charge in [0.25, 0.3) is 0 Å². The first-order chi connectivity index (χ1) is 8.74. The second kappa shape index (κ2) is 6.69. The highest BCUT2D eigenvalue weighted by atomic mass is 32.2.